The van der Waals surface area contributed by atoms with Crippen molar-refractivity contribution in [1.82, 2.24) is 0 Å². The van der Waals surface area contributed by atoms with Crippen LogP contribution >= 0.6 is 0 Å². The molecule has 0 N–H and O–H groups in total. The van der Waals surface area contributed by atoms with E-state index in [-0.39, 0.29) is 5.92 Å². The van der Waals surface area contributed by atoms with Gasteiger partial charge >= 0.3 is 0 Å². The first-order valence-electron chi connectivity index (χ1n) is 4.12. The third-order valence-corrected chi connectivity index (χ3v) is 2.23. The SMILES string of the molecule is CC(F)C1C=[C]c2ccccc21. The van der Waals surface area contributed by atoms with Gasteiger partial charge in [-0.15, -0.1) is 0 Å². The molecular weight excluding hydrogens is 151 g/mol. The van der Waals surface area contributed by atoms with Gasteiger partial charge in [0.2, 0.25) is 0 Å². The fourth-order valence-electron chi connectivity index (χ4n) is 1.57. The van der Waals surface area contributed by atoms with Gasteiger partial charge < -0.3 is 0 Å². The number of alkyl halides is 1. The second-order valence-electron chi connectivity index (χ2n) is 3.10. The Balaban J connectivity index is 2.42. The molecule has 2 atom stereocenters. The van der Waals surface area contributed by atoms with Crippen molar-refractivity contribution in [1.29, 1.82) is 0 Å². The first-order chi connectivity index (χ1) is 5.79. The monoisotopic (exact) mass is 161 g/mol. The number of hydrogen-bond acceptors (Lipinski definition) is 0. The lowest BCUT2D eigenvalue weighted by Crippen LogP contribution is -2.05. The summed E-state index contributed by atoms with van der Waals surface area (Å²) in [4.78, 5) is 0. The van der Waals surface area contributed by atoms with Gasteiger partial charge in [-0.1, -0.05) is 30.3 Å². The van der Waals surface area contributed by atoms with Crippen LogP contribution in [-0.4, -0.2) is 6.17 Å². The predicted octanol–water partition coefficient (Wildman–Crippen LogP) is 2.85. The van der Waals surface area contributed by atoms with Gasteiger partial charge in [0, 0.05) is 5.92 Å². The summed E-state index contributed by atoms with van der Waals surface area (Å²) in [6.45, 7) is 1.59. The molecule has 1 aliphatic rings. The second-order valence-corrected chi connectivity index (χ2v) is 3.10. The van der Waals surface area contributed by atoms with E-state index < -0.39 is 6.17 Å². The Labute approximate surface area is 71.7 Å². The van der Waals surface area contributed by atoms with Crippen LogP contribution in [0.2, 0.25) is 0 Å². The molecular formula is C11H10F. The largest absolute Gasteiger partial charge is 0.247 e. The molecule has 61 valence electrons. The third kappa shape index (κ3) is 1.06. The summed E-state index contributed by atoms with van der Waals surface area (Å²) >= 11 is 0. The van der Waals surface area contributed by atoms with E-state index in [0.29, 0.717) is 0 Å². The van der Waals surface area contributed by atoms with Gasteiger partial charge in [-0.05, 0) is 24.1 Å². The number of halogens is 1. The molecule has 2 unspecified atom stereocenters. The minimum absolute atomic E-state index is 0.0822. The molecule has 1 heteroatoms. The molecule has 0 nitrogen and oxygen atoms in total. The second kappa shape index (κ2) is 2.74. The van der Waals surface area contributed by atoms with E-state index in [1.165, 1.54) is 0 Å². The maximum atomic E-state index is 13.0. The Morgan fingerprint density at radius 1 is 1.42 bits per heavy atom. The van der Waals surface area contributed by atoms with Crippen molar-refractivity contribution in [2.24, 2.45) is 0 Å². The quantitative estimate of drug-likeness (QED) is 0.594. The summed E-state index contributed by atoms with van der Waals surface area (Å²) in [6, 6.07) is 7.82. The maximum Gasteiger partial charge on any atom is 0.108 e. The number of fused-ring (bicyclic) bond motifs is 1. The third-order valence-electron chi connectivity index (χ3n) is 2.23. The average molecular weight is 161 g/mol. The van der Waals surface area contributed by atoms with E-state index >= 15 is 0 Å². The van der Waals surface area contributed by atoms with Gasteiger partial charge in [0.25, 0.3) is 0 Å². The van der Waals surface area contributed by atoms with Gasteiger partial charge in [0.1, 0.15) is 6.17 Å². The van der Waals surface area contributed by atoms with E-state index in [2.05, 4.69) is 6.08 Å². The van der Waals surface area contributed by atoms with Crippen LogP contribution < -0.4 is 0 Å². The normalized spacial score (nSPS) is 22.3. The van der Waals surface area contributed by atoms with Gasteiger partial charge in [-0.25, -0.2) is 4.39 Å². The molecule has 0 amide bonds. The highest BCUT2D eigenvalue weighted by Crippen LogP contribution is 2.31. The molecule has 0 spiro atoms. The molecule has 1 aromatic carbocycles. The van der Waals surface area contributed by atoms with Crippen LogP contribution in [0.3, 0.4) is 0 Å². The van der Waals surface area contributed by atoms with Crippen molar-refractivity contribution < 1.29 is 4.39 Å². The van der Waals surface area contributed by atoms with Crippen LogP contribution in [0.5, 0.6) is 0 Å². The Hall–Kier alpha value is -1.11. The van der Waals surface area contributed by atoms with E-state index in [4.69, 9.17) is 0 Å². The zero-order valence-corrected chi connectivity index (χ0v) is 6.92. The van der Waals surface area contributed by atoms with Crippen LogP contribution in [-0.2, 0) is 0 Å². The summed E-state index contributed by atoms with van der Waals surface area (Å²) in [6.07, 6.45) is 4.06. The smallest absolute Gasteiger partial charge is 0.108 e. The van der Waals surface area contributed by atoms with Crippen LogP contribution in [0.15, 0.2) is 30.3 Å². The molecule has 0 aromatic heterocycles. The maximum absolute atomic E-state index is 13.0. The number of allylic oxidation sites excluding steroid dienone is 1. The molecule has 0 fully saturated rings. The lowest BCUT2D eigenvalue weighted by molar-refractivity contribution is 0.336. The zero-order valence-electron chi connectivity index (χ0n) is 6.92. The van der Waals surface area contributed by atoms with Crippen LogP contribution in [0.1, 0.15) is 24.0 Å². The van der Waals surface area contributed by atoms with Crippen molar-refractivity contribution in [2.75, 3.05) is 0 Å². The molecule has 0 bridgehead atoms. The topological polar surface area (TPSA) is 0 Å². The summed E-state index contributed by atoms with van der Waals surface area (Å²) in [5, 5.41) is 0. The first-order valence-corrected chi connectivity index (χ1v) is 4.12. The van der Waals surface area contributed by atoms with E-state index in [1.54, 1.807) is 6.92 Å². The zero-order chi connectivity index (χ0) is 8.55. The first kappa shape index (κ1) is 7.53. The fourth-order valence-corrected chi connectivity index (χ4v) is 1.57. The standard InChI is InChI=1S/C11H10F/c1-8(12)10-7-6-9-4-2-3-5-11(9)10/h2-5,7-8,10H,1H3. The van der Waals surface area contributed by atoms with Crippen molar-refractivity contribution >= 4 is 0 Å². The minimum Gasteiger partial charge on any atom is -0.247 e. The Bertz CT molecular complexity index is 313. The molecule has 1 radical (unpaired) electrons. The van der Waals surface area contributed by atoms with Gasteiger partial charge in [0.05, 0.1) is 0 Å². The molecule has 0 saturated heterocycles. The molecule has 0 aliphatic heterocycles. The van der Waals surface area contributed by atoms with E-state index in [0.717, 1.165) is 11.1 Å². The van der Waals surface area contributed by atoms with Crippen molar-refractivity contribution in [3.05, 3.63) is 47.5 Å². The summed E-state index contributed by atoms with van der Waals surface area (Å²) in [5.74, 6) is -0.0822. The predicted molar refractivity (Wildman–Crippen MR) is 46.7 cm³/mol. The minimum atomic E-state index is -0.818. The lowest BCUT2D eigenvalue weighted by Gasteiger charge is -2.10. The Kier molecular flexibility index (Phi) is 1.72. The van der Waals surface area contributed by atoms with Crippen molar-refractivity contribution in [2.45, 2.75) is 19.0 Å². The summed E-state index contributed by atoms with van der Waals surface area (Å²) < 4.78 is 13.0. The number of rotatable bonds is 1. The molecule has 1 aliphatic carbocycles. The van der Waals surface area contributed by atoms with Crippen LogP contribution in [0, 0.1) is 6.08 Å². The van der Waals surface area contributed by atoms with Crippen LogP contribution in [0.4, 0.5) is 4.39 Å². The lowest BCUT2D eigenvalue weighted by atomic mass is 9.97. The summed E-state index contributed by atoms with van der Waals surface area (Å²) in [7, 11) is 0. The van der Waals surface area contributed by atoms with Gasteiger partial charge in [0.15, 0.2) is 0 Å². The number of hydrogen-bond donors (Lipinski definition) is 0. The molecule has 0 heterocycles. The highest BCUT2D eigenvalue weighted by Gasteiger charge is 2.21. The molecule has 2 rings (SSSR count). The van der Waals surface area contributed by atoms with E-state index in [1.807, 2.05) is 30.3 Å². The van der Waals surface area contributed by atoms with Crippen molar-refractivity contribution in [3.63, 3.8) is 0 Å². The Morgan fingerprint density at radius 2 is 2.17 bits per heavy atom. The molecule has 1 aromatic rings. The van der Waals surface area contributed by atoms with E-state index in [9.17, 15) is 4.39 Å². The molecule has 0 saturated carbocycles. The number of benzene rings is 1. The van der Waals surface area contributed by atoms with Crippen LogP contribution in [0.25, 0.3) is 0 Å². The van der Waals surface area contributed by atoms with Crippen molar-refractivity contribution in [3.8, 4) is 0 Å². The highest BCUT2D eigenvalue weighted by molar-refractivity contribution is 5.43. The Morgan fingerprint density at radius 3 is 2.92 bits per heavy atom. The molecule has 12 heavy (non-hydrogen) atoms. The average Bonchev–Trinajstić information content (AvgIpc) is 2.47. The fraction of sp³-hybridized carbons (Fsp3) is 0.273. The highest BCUT2D eigenvalue weighted by atomic mass is 19.1. The van der Waals surface area contributed by atoms with Gasteiger partial charge in [-0.2, -0.15) is 0 Å². The van der Waals surface area contributed by atoms with Gasteiger partial charge in [-0.3, -0.25) is 0 Å². The summed E-state index contributed by atoms with van der Waals surface area (Å²) in [5.41, 5.74) is 2.10.